The van der Waals surface area contributed by atoms with Crippen molar-refractivity contribution in [2.45, 2.75) is 26.2 Å². The quantitative estimate of drug-likeness (QED) is 0.839. The summed E-state index contributed by atoms with van der Waals surface area (Å²) in [7, 11) is 0. The second kappa shape index (κ2) is 5.21. The molecular formula is C14H17NO3. The summed E-state index contributed by atoms with van der Waals surface area (Å²) in [5.74, 6) is -1.93. The number of carbonyl (C=O) groups is 2. The van der Waals surface area contributed by atoms with Gasteiger partial charge in [0.15, 0.2) is 0 Å². The number of aryl methyl sites for hydroxylation is 1. The topological polar surface area (TPSA) is 66.4 Å². The molecule has 96 valence electrons. The predicted octanol–water partition coefficient (Wildman–Crippen LogP) is 2.30. The van der Waals surface area contributed by atoms with Gasteiger partial charge in [-0.05, 0) is 30.5 Å². The average molecular weight is 247 g/mol. The Hall–Kier alpha value is -1.84. The van der Waals surface area contributed by atoms with Crippen LogP contribution in [-0.4, -0.2) is 17.0 Å². The van der Waals surface area contributed by atoms with Crippen molar-refractivity contribution < 1.29 is 14.7 Å². The minimum Gasteiger partial charge on any atom is -0.481 e. The van der Waals surface area contributed by atoms with Crippen LogP contribution in [0.3, 0.4) is 0 Å². The van der Waals surface area contributed by atoms with Crippen molar-refractivity contribution in [3.05, 3.63) is 29.8 Å². The molecule has 1 saturated carbocycles. The number of hydrogen-bond acceptors (Lipinski definition) is 2. The van der Waals surface area contributed by atoms with Crippen LogP contribution in [0.1, 0.15) is 25.3 Å². The molecule has 4 heteroatoms. The molecule has 1 fully saturated rings. The number of rotatable bonds is 5. The molecule has 0 spiro atoms. The summed E-state index contributed by atoms with van der Waals surface area (Å²) in [6, 6.07) is 7.70. The number of carbonyl (C=O) groups excluding carboxylic acids is 1. The Morgan fingerprint density at radius 3 is 2.44 bits per heavy atom. The van der Waals surface area contributed by atoms with Crippen molar-refractivity contribution in [3.8, 4) is 0 Å². The summed E-state index contributed by atoms with van der Waals surface area (Å²) in [4.78, 5) is 22.4. The van der Waals surface area contributed by atoms with Gasteiger partial charge in [-0.25, -0.2) is 0 Å². The van der Waals surface area contributed by atoms with Gasteiger partial charge in [-0.15, -0.1) is 0 Å². The fourth-order valence-corrected chi connectivity index (χ4v) is 2.04. The van der Waals surface area contributed by atoms with E-state index in [4.69, 9.17) is 5.11 Å². The molecule has 2 rings (SSSR count). The number of benzene rings is 1. The number of hydrogen-bond donors (Lipinski definition) is 2. The van der Waals surface area contributed by atoms with Gasteiger partial charge in [-0.1, -0.05) is 25.5 Å². The van der Waals surface area contributed by atoms with Crippen LogP contribution in [0.5, 0.6) is 0 Å². The lowest BCUT2D eigenvalue weighted by atomic mass is 10.1. The molecule has 1 aliphatic carbocycles. The number of carboxylic acid groups (broad SMARTS) is 1. The highest BCUT2D eigenvalue weighted by atomic mass is 16.4. The van der Waals surface area contributed by atoms with Crippen LogP contribution >= 0.6 is 0 Å². The Morgan fingerprint density at radius 1 is 1.28 bits per heavy atom. The van der Waals surface area contributed by atoms with Crippen molar-refractivity contribution in [1.29, 1.82) is 0 Å². The van der Waals surface area contributed by atoms with Crippen LogP contribution in [0, 0.1) is 11.8 Å². The van der Waals surface area contributed by atoms with Gasteiger partial charge in [0.1, 0.15) is 0 Å². The molecule has 18 heavy (non-hydrogen) atoms. The summed E-state index contributed by atoms with van der Waals surface area (Å²) >= 11 is 0. The lowest BCUT2D eigenvalue weighted by molar-refractivity contribution is -0.139. The number of amides is 1. The highest BCUT2D eigenvalue weighted by Crippen LogP contribution is 2.39. The molecule has 1 aromatic carbocycles. The zero-order valence-electron chi connectivity index (χ0n) is 10.3. The summed E-state index contributed by atoms with van der Waals surface area (Å²) in [6.45, 7) is 2.12. The largest absolute Gasteiger partial charge is 0.481 e. The minimum atomic E-state index is -0.881. The van der Waals surface area contributed by atoms with E-state index in [2.05, 4.69) is 12.2 Å². The number of nitrogens with one attached hydrogen (secondary N) is 1. The Labute approximate surface area is 106 Å². The zero-order chi connectivity index (χ0) is 13.1. The molecule has 2 N–H and O–H groups in total. The first kappa shape index (κ1) is 12.6. The lowest BCUT2D eigenvalue weighted by Crippen LogP contribution is -2.16. The first-order valence-electron chi connectivity index (χ1n) is 6.24. The smallest absolute Gasteiger partial charge is 0.307 e. The standard InChI is InChI=1S/C14H17NO3/c1-2-3-9-4-6-10(7-5-9)15-13(16)11-8-12(11)14(17)18/h4-7,11-12H,2-3,8H2,1H3,(H,15,16)(H,17,18). The van der Waals surface area contributed by atoms with Crippen LogP contribution in [0.15, 0.2) is 24.3 Å². The molecule has 0 aliphatic heterocycles. The second-order valence-corrected chi connectivity index (χ2v) is 4.72. The monoisotopic (exact) mass is 247 g/mol. The Balaban J connectivity index is 1.90. The van der Waals surface area contributed by atoms with Gasteiger partial charge in [0.05, 0.1) is 11.8 Å². The van der Waals surface area contributed by atoms with E-state index in [0.29, 0.717) is 6.42 Å². The first-order chi connectivity index (χ1) is 8.61. The van der Waals surface area contributed by atoms with Crippen LogP contribution in [0.2, 0.25) is 0 Å². The van der Waals surface area contributed by atoms with Gasteiger partial charge in [-0.3, -0.25) is 9.59 Å². The zero-order valence-corrected chi connectivity index (χ0v) is 10.3. The SMILES string of the molecule is CCCc1ccc(NC(=O)C2CC2C(=O)O)cc1. The Bertz CT molecular complexity index is 453. The van der Waals surface area contributed by atoms with Crippen molar-refractivity contribution in [2.75, 3.05) is 5.32 Å². The lowest BCUT2D eigenvalue weighted by Gasteiger charge is -2.05. The maximum absolute atomic E-state index is 11.7. The number of carboxylic acids is 1. The predicted molar refractivity (Wildman–Crippen MR) is 68.3 cm³/mol. The van der Waals surface area contributed by atoms with Gasteiger partial charge >= 0.3 is 5.97 Å². The van der Waals surface area contributed by atoms with E-state index >= 15 is 0 Å². The molecule has 0 heterocycles. The van der Waals surface area contributed by atoms with E-state index in [1.807, 2.05) is 24.3 Å². The van der Waals surface area contributed by atoms with Crippen molar-refractivity contribution in [1.82, 2.24) is 0 Å². The van der Waals surface area contributed by atoms with Crippen molar-refractivity contribution in [2.24, 2.45) is 11.8 Å². The van der Waals surface area contributed by atoms with E-state index in [0.717, 1.165) is 18.5 Å². The number of anilines is 1. The number of aliphatic carboxylic acids is 1. The third-order valence-corrected chi connectivity index (χ3v) is 3.20. The van der Waals surface area contributed by atoms with Gasteiger partial charge in [0.2, 0.25) is 5.91 Å². The summed E-state index contributed by atoms with van der Waals surface area (Å²) in [5, 5.41) is 11.5. The van der Waals surface area contributed by atoms with Gasteiger partial charge in [-0.2, -0.15) is 0 Å². The maximum Gasteiger partial charge on any atom is 0.307 e. The molecule has 0 bridgehead atoms. The van der Waals surface area contributed by atoms with Crippen LogP contribution in [0.25, 0.3) is 0 Å². The molecule has 1 amide bonds. The third-order valence-electron chi connectivity index (χ3n) is 3.20. The third kappa shape index (κ3) is 2.88. The van der Waals surface area contributed by atoms with Gasteiger partial charge < -0.3 is 10.4 Å². The molecule has 2 unspecified atom stereocenters. The highest BCUT2D eigenvalue weighted by Gasteiger charge is 2.48. The summed E-state index contributed by atoms with van der Waals surface area (Å²) in [5.41, 5.74) is 1.97. The normalized spacial score (nSPS) is 21.4. The van der Waals surface area contributed by atoms with E-state index in [9.17, 15) is 9.59 Å². The average Bonchev–Trinajstić information content (AvgIpc) is 3.12. The Kier molecular flexibility index (Phi) is 3.65. The first-order valence-corrected chi connectivity index (χ1v) is 6.24. The Morgan fingerprint density at radius 2 is 1.94 bits per heavy atom. The fraction of sp³-hybridized carbons (Fsp3) is 0.429. The molecule has 0 radical (unpaired) electrons. The molecule has 4 nitrogen and oxygen atoms in total. The molecule has 1 aromatic rings. The molecule has 2 atom stereocenters. The minimum absolute atomic E-state index is 0.189. The van der Waals surface area contributed by atoms with E-state index in [-0.39, 0.29) is 11.8 Å². The van der Waals surface area contributed by atoms with E-state index < -0.39 is 11.9 Å². The molecule has 0 aromatic heterocycles. The fourth-order valence-electron chi connectivity index (χ4n) is 2.04. The highest BCUT2D eigenvalue weighted by molar-refractivity contribution is 5.98. The summed E-state index contributed by atoms with van der Waals surface area (Å²) < 4.78 is 0. The molecular weight excluding hydrogens is 230 g/mol. The van der Waals surface area contributed by atoms with Gasteiger partial charge in [0.25, 0.3) is 0 Å². The van der Waals surface area contributed by atoms with E-state index in [1.54, 1.807) is 0 Å². The second-order valence-electron chi connectivity index (χ2n) is 4.72. The molecule has 1 aliphatic rings. The van der Waals surface area contributed by atoms with Crippen molar-refractivity contribution in [3.63, 3.8) is 0 Å². The van der Waals surface area contributed by atoms with Crippen molar-refractivity contribution >= 4 is 17.6 Å². The molecule has 0 saturated heterocycles. The van der Waals surface area contributed by atoms with Gasteiger partial charge in [0, 0.05) is 5.69 Å². The van der Waals surface area contributed by atoms with E-state index in [1.165, 1.54) is 5.56 Å². The maximum atomic E-state index is 11.7. The van der Waals surface area contributed by atoms with Crippen LogP contribution in [0.4, 0.5) is 5.69 Å². The van der Waals surface area contributed by atoms with Crippen LogP contribution in [-0.2, 0) is 16.0 Å². The summed E-state index contributed by atoms with van der Waals surface area (Å²) in [6.07, 6.45) is 2.57. The van der Waals surface area contributed by atoms with Crippen LogP contribution < -0.4 is 5.32 Å².